The fourth-order valence-electron chi connectivity index (χ4n) is 0. The Bertz CT molecular complexity index is 6.00. The van der Waals surface area contributed by atoms with Gasteiger partial charge in [-0.3, -0.25) is 0 Å². The average molecular weight is 100 g/mol. The molecule has 2 nitrogen and oxygen atoms in total. The molecule has 0 saturated carbocycles. The Morgan fingerprint density at radius 2 is 1.25 bits per heavy atom. The molecular weight excluding hydrogens is 96.0 g/mol. The van der Waals surface area contributed by atoms with E-state index < -0.39 is 0 Å². The second-order valence-electron chi connectivity index (χ2n) is 0. The molecule has 26 valence electrons. The van der Waals surface area contributed by atoms with Gasteiger partial charge < -0.3 is 10.3 Å². The fraction of sp³-hybridized carbons (Fsp3) is 0. The quantitative estimate of drug-likeness (QED) is 0.384. The molecule has 0 aliphatic heterocycles. The van der Waals surface area contributed by atoms with Crippen LogP contribution >= 0.6 is 0 Å². The topological polar surface area (TPSA) is 48.6 Å². The zero-order chi connectivity index (χ0) is 2.00. The predicted octanol–water partition coefficient (Wildman–Crippen LogP) is -1.01. The summed E-state index contributed by atoms with van der Waals surface area (Å²) < 4.78 is 0. The van der Waals surface area contributed by atoms with E-state index in [-0.39, 0.29) is 22.8 Å². The van der Waals surface area contributed by atoms with Gasteiger partial charge in [0.1, 0.15) is 6.79 Å². The molecule has 0 bridgehead atoms. The summed E-state index contributed by atoms with van der Waals surface area (Å²) in [5, 5.41) is 0. The van der Waals surface area contributed by atoms with E-state index in [0.29, 0.717) is 0 Å². The van der Waals surface area contributed by atoms with Gasteiger partial charge in [-0.05, 0) is 0 Å². The minimum Gasteiger partial charge on any atom is -0.412 e. The molecule has 0 heterocycles. The summed E-state index contributed by atoms with van der Waals surface area (Å²) in [6.45, 7) is 2.00. The molecule has 0 spiro atoms. The largest absolute Gasteiger partial charge is 0.412 e. The van der Waals surface area contributed by atoms with Crippen molar-refractivity contribution in [2.45, 2.75) is 0 Å². The van der Waals surface area contributed by atoms with Gasteiger partial charge in [0, 0.05) is 17.4 Å². The number of carbonyl (C=O) groups is 1. The number of hydrogen-bond acceptors (Lipinski definition) is 1. The van der Waals surface area contributed by atoms with Crippen LogP contribution in [-0.4, -0.2) is 12.3 Å². The van der Waals surface area contributed by atoms with E-state index in [4.69, 9.17) is 4.79 Å². The molecule has 0 aromatic heterocycles. The van der Waals surface area contributed by atoms with Gasteiger partial charge in [-0.1, -0.05) is 0 Å². The molecule has 2 N–H and O–H groups in total. The first-order valence-corrected chi connectivity index (χ1v) is 0.289. The van der Waals surface area contributed by atoms with Crippen LogP contribution in [0, 0.1) is 0 Å². The van der Waals surface area contributed by atoms with Gasteiger partial charge in [-0.15, -0.1) is 0 Å². The molecule has 0 saturated heterocycles. The van der Waals surface area contributed by atoms with Crippen LogP contribution in [0.5, 0.6) is 0 Å². The van der Waals surface area contributed by atoms with Crippen LogP contribution in [0.2, 0.25) is 0 Å². The third-order valence-corrected chi connectivity index (χ3v) is 0. The Kier molecular flexibility index (Phi) is 4310. The molecule has 0 aliphatic carbocycles. The zero-order valence-corrected chi connectivity index (χ0v) is 3.30. The van der Waals surface area contributed by atoms with Crippen LogP contribution in [0.3, 0.4) is 0 Å². The van der Waals surface area contributed by atoms with Crippen molar-refractivity contribution in [1.29, 1.82) is 0 Å². The summed E-state index contributed by atoms with van der Waals surface area (Å²) >= 11 is 0. The van der Waals surface area contributed by atoms with E-state index in [2.05, 4.69) is 0 Å². The van der Waals surface area contributed by atoms with E-state index in [1.807, 2.05) is 6.79 Å². The molecule has 0 fully saturated rings. The molecule has 0 unspecified atom stereocenters. The molecule has 0 amide bonds. The maximum absolute atomic E-state index is 8.00. The van der Waals surface area contributed by atoms with Crippen LogP contribution < -0.4 is 0 Å². The van der Waals surface area contributed by atoms with E-state index >= 15 is 0 Å². The molecule has 0 aliphatic rings. The zero-order valence-electron chi connectivity index (χ0n) is 2.02. The second kappa shape index (κ2) is 560. The Hall–Kier alpha value is 0.162. The summed E-state index contributed by atoms with van der Waals surface area (Å²) in [6, 6.07) is 0. The molecule has 3 heteroatoms. The summed E-state index contributed by atoms with van der Waals surface area (Å²) in [5.41, 5.74) is 0. The summed E-state index contributed by atoms with van der Waals surface area (Å²) in [5.74, 6) is 0. The molecule has 0 aromatic carbocycles. The van der Waals surface area contributed by atoms with Crippen molar-refractivity contribution < 1.29 is 27.6 Å². The van der Waals surface area contributed by atoms with Crippen LogP contribution in [0.4, 0.5) is 0 Å². The van der Waals surface area contributed by atoms with Gasteiger partial charge in [-0.25, -0.2) is 0 Å². The molecule has 0 aromatic rings. The Morgan fingerprint density at radius 1 is 1.25 bits per heavy atom. The van der Waals surface area contributed by atoms with E-state index in [1.54, 1.807) is 0 Å². The molecular formula is CH4CrO2. The van der Waals surface area contributed by atoms with Crippen LogP contribution in [0.25, 0.3) is 0 Å². The number of hydrogen-bond donors (Lipinski definition) is 0. The minimum atomic E-state index is 0. The molecule has 0 rings (SSSR count). The summed E-state index contributed by atoms with van der Waals surface area (Å²) in [7, 11) is 0. The fourth-order valence-corrected chi connectivity index (χ4v) is 0. The van der Waals surface area contributed by atoms with Crippen molar-refractivity contribution in [3.05, 3.63) is 0 Å². The molecule has 0 radical (unpaired) electrons. The van der Waals surface area contributed by atoms with E-state index in [1.165, 1.54) is 0 Å². The van der Waals surface area contributed by atoms with Crippen molar-refractivity contribution in [3.63, 3.8) is 0 Å². The van der Waals surface area contributed by atoms with Crippen molar-refractivity contribution in [2.24, 2.45) is 0 Å². The first-order valence-electron chi connectivity index (χ1n) is 0.289. The van der Waals surface area contributed by atoms with Crippen molar-refractivity contribution >= 4 is 6.79 Å². The minimum absolute atomic E-state index is 0. The molecule has 0 atom stereocenters. The number of carbonyl (C=O) groups excluding carboxylic acids is 1. The second-order valence-corrected chi connectivity index (χ2v) is 0. The SMILES string of the molecule is C=O.O.[Cr]. The Morgan fingerprint density at radius 3 is 1.25 bits per heavy atom. The first kappa shape index (κ1) is 30.8. The summed E-state index contributed by atoms with van der Waals surface area (Å²) in [4.78, 5) is 8.00. The van der Waals surface area contributed by atoms with Crippen molar-refractivity contribution in [1.82, 2.24) is 0 Å². The van der Waals surface area contributed by atoms with E-state index in [0.717, 1.165) is 0 Å². The maximum atomic E-state index is 8.00. The third-order valence-electron chi connectivity index (χ3n) is 0. The van der Waals surface area contributed by atoms with Crippen molar-refractivity contribution in [3.8, 4) is 0 Å². The van der Waals surface area contributed by atoms with E-state index in [9.17, 15) is 0 Å². The predicted molar refractivity (Wildman–Crippen MR) is 10.7 cm³/mol. The monoisotopic (exact) mass is 100.0 g/mol. The molecule has 4 heavy (non-hydrogen) atoms. The standard InChI is InChI=1S/CH2O.Cr.H2O/c1-2;;/h1H2;;1H2. The summed E-state index contributed by atoms with van der Waals surface area (Å²) in [6.07, 6.45) is 0. The van der Waals surface area contributed by atoms with Gasteiger partial charge in [0.2, 0.25) is 0 Å². The van der Waals surface area contributed by atoms with Crippen LogP contribution in [0.15, 0.2) is 0 Å². The number of rotatable bonds is 0. The van der Waals surface area contributed by atoms with Crippen LogP contribution in [-0.2, 0) is 22.2 Å². The normalized spacial score (nSPS) is 1.00. The first-order chi connectivity index (χ1) is 1.00. The Labute approximate surface area is 35.3 Å². The van der Waals surface area contributed by atoms with Gasteiger partial charge in [0.05, 0.1) is 0 Å². The Balaban J connectivity index is -0.00000000500. The third kappa shape index (κ3) is 111. The smallest absolute Gasteiger partial charge is 0.106 e. The van der Waals surface area contributed by atoms with Gasteiger partial charge in [-0.2, -0.15) is 0 Å². The van der Waals surface area contributed by atoms with Gasteiger partial charge >= 0.3 is 0 Å². The van der Waals surface area contributed by atoms with Crippen LogP contribution in [0.1, 0.15) is 0 Å². The van der Waals surface area contributed by atoms with Gasteiger partial charge in [0.25, 0.3) is 0 Å². The van der Waals surface area contributed by atoms with Crippen molar-refractivity contribution in [2.75, 3.05) is 0 Å². The van der Waals surface area contributed by atoms with Gasteiger partial charge in [0.15, 0.2) is 0 Å². The maximum Gasteiger partial charge on any atom is 0.106 e. The average Bonchev–Trinajstić information content (AvgIpc) is 1.00.